The Morgan fingerprint density at radius 1 is 1.18 bits per heavy atom. The summed E-state index contributed by atoms with van der Waals surface area (Å²) in [5.41, 5.74) is 0.611. The van der Waals surface area contributed by atoms with E-state index in [2.05, 4.69) is 5.32 Å². The van der Waals surface area contributed by atoms with Crippen LogP contribution in [0.15, 0.2) is 24.3 Å². The van der Waals surface area contributed by atoms with Crippen molar-refractivity contribution in [2.75, 3.05) is 65.3 Å². The Kier molecular flexibility index (Phi) is 8.06. The number of hydrogen-bond acceptors (Lipinski definition) is 6. The molecule has 2 rings (SSSR count). The lowest BCUT2D eigenvalue weighted by Crippen LogP contribution is -2.51. The molecule has 0 aromatic heterocycles. The molecule has 1 aromatic rings. The molecule has 0 saturated carbocycles. The molecule has 1 heterocycles. The minimum atomic E-state index is -0.320. The molecule has 1 aliphatic rings. The van der Waals surface area contributed by atoms with E-state index in [1.54, 1.807) is 50.2 Å². The van der Waals surface area contributed by atoms with E-state index in [9.17, 15) is 14.4 Å². The number of benzene rings is 1. The van der Waals surface area contributed by atoms with Crippen LogP contribution in [0.4, 0.5) is 10.5 Å². The van der Waals surface area contributed by atoms with Crippen molar-refractivity contribution in [2.45, 2.75) is 6.92 Å². The Morgan fingerprint density at radius 3 is 2.54 bits per heavy atom. The number of ether oxygens (including phenoxy) is 2. The zero-order valence-electron chi connectivity index (χ0n) is 16.6. The molecule has 0 unspecified atom stereocenters. The maximum absolute atomic E-state index is 12.4. The molecule has 3 amide bonds. The number of likely N-dealkylation sites (N-methyl/N-ethyl adjacent to an activating group) is 1. The Labute approximate surface area is 165 Å². The normalized spacial score (nSPS) is 14.3. The summed E-state index contributed by atoms with van der Waals surface area (Å²) in [5.74, 6) is 0.214. The summed E-state index contributed by atoms with van der Waals surface area (Å²) in [6, 6.07) is 7.03. The highest BCUT2D eigenvalue weighted by molar-refractivity contribution is 5.94. The average Bonchev–Trinajstić information content (AvgIpc) is 2.68. The fraction of sp³-hybridized carbons (Fsp3) is 0.526. The van der Waals surface area contributed by atoms with Gasteiger partial charge < -0.3 is 24.6 Å². The number of nitrogens with one attached hydrogen (secondary N) is 1. The van der Waals surface area contributed by atoms with Gasteiger partial charge in [0.2, 0.25) is 11.8 Å². The van der Waals surface area contributed by atoms with Gasteiger partial charge in [0.1, 0.15) is 5.75 Å². The predicted molar refractivity (Wildman–Crippen MR) is 104 cm³/mol. The van der Waals surface area contributed by atoms with Crippen LogP contribution in [-0.4, -0.2) is 92.6 Å². The fourth-order valence-corrected chi connectivity index (χ4v) is 2.82. The van der Waals surface area contributed by atoms with Crippen molar-refractivity contribution in [3.63, 3.8) is 0 Å². The summed E-state index contributed by atoms with van der Waals surface area (Å²) in [6.07, 6.45) is -0.320. The van der Waals surface area contributed by atoms with E-state index in [1.807, 2.05) is 4.90 Å². The lowest BCUT2D eigenvalue weighted by Gasteiger charge is -2.34. The summed E-state index contributed by atoms with van der Waals surface area (Å²) in [6.45, 7) is 4.51. The number of anilines is 1. The highest BCUT2D eigenvalue weighted by Gasteiger charge is 2.24. The molecule has 0 spiro atoms. The molecule has 9 heteroatoms. The first-order valence-electron chi connectivity index (χ1n) is 9.24. The first kappa shape index (κ1) is 21.5. The van der Waals surface area contributed by atoms with Gasteiger partial charge in [0, 0.05) is 45.0 Å². The quantitative estimate of drug-likeness (QED) is 0.740. The summed E-state index contributed by atoms with van der Waals surface area (Å²) in [5, 5.41) is 2.75. The Hall–Kier alpha value is -2.81. The highest BCUT2D eigenvalue weighted by Crippen LogP contribution is 2.16. The average molecular weight is 392 g/mol. The van der Waals surface area contributed by atoms with Crippen molar-refractivity contribution < 1.29 is 23.9 Å². The number of piperazine rings is 1. The van der Waals surface area contributed by atoms with E-state index < -0.39 is 0 Å². The van der Waals surface area contributed by atoms with Crippen molar-refractivity contribution >= 4 is 23.6 Å². The smallest absolute Gasteiger partial charge is 0.409 e. The third kappa shape index (κ3) is 6.41. The summed E-state index contributed by atoms with van der Waals surface area (Å²) in [7, 11) is 3.16. The lowest BCUT2D eigenvalue weighted by molar-refractivity contribution is -0.134. The van der Waals surface area contributed by atoms with Crippen LogP contribution in [-0.2, 0) is 14.3 Å². The van der Waals surface area contributed by atoms with Gasteiger partial charge in [0.15, 0.2) is 0 Å². The van der Waals surface area contributed by atoms with E-state index >= 15 is 0 Å². The van der Waals surface area contributed by atoms with E-state index in [0.29, 0.717) is 44.2 Å². The van der Waals surface area contributed by atoms with Gasteiger partial charge in [-0.25, -0.2) is 4.79 Å². The molecular formula is C19H28N4O5. The van der Waals surface area contributed by atoms with Gasteiger partial charge in [0.05, 0.1) is 26.8 Å². The molecule has 1 saturated heterocycles. The van der Waals surface area contributed by atoms with E-state index in [-0.39, 0.29) is 31.0 Å². The number of nitrogens with zero attached hydrogens (tertiary/aromatic N) is 3. The topological polar surface area (TPSA) is 91.4 Å². The van der Waals surface area contributed by atoms with Crippen LogP contribution >= 0.6 is 0 Å². The van der Waals surface area contributed by atoms with E-state index in [0.717, 1.165) is 0 Å². The van der Waals surface area contributed by atoms with Crippen molar-refractivity contribution in [2.24, 2.45) is 0 Å². The van der Waals surface area contributed by atoms with Gasteiger partial charge in [-0.15, -0.1) is 0 Å². The van der Waals surface area contributed by atoms with Gasteiger partial charge in [-0.1, -0.05) is 6.07 Å². The molecule has 1 N–H and O–H groups in total. The van der Waals surface area contributed by atoms with Crippen LogP contribution in [0.25, 0.3) is 0 Å². The Bertz CT molecular complexity index is 689. The Morgan fingerprint density at radius 2 is 1.89 bits per heavy atom. The molecule has 0 bridgehead atoms. The van der Waals surface area contributed by atoms with Crippen LogP contribution in [0.2, 0.25) is 0 Å². The molecule has 154 valence electrons. The molecule has 1 aromatic carbocycles. The monoisotopic (exact) mass is 392 g/mol. The zero-order chi connectivity index (χ0) is 20.5. The van der Waals surface area contributed by atoms with E-state index in [1.165, 1.54) is 4.90 Å². The first-order chi connectivity index (χ1) is 13.4. The minimum absolute atomic E-state index is 0.0428. The first-order valence-corrected chi connectivity index (χ1v) is 9.24. The molecule has 1 aliphatic heterocycles. The maximum atomic E-state index is 12.4. The summed E-state index contributed by atoms with van der Waals surface area (Å²) in [4.78, 5) is 41.3. The molecule has 0 radical (unpaired) electrons. The summed E-state index contributed by atoms with van der Waals surface area (Å²) < 4.78 is 10.1. The number of hydrogen-bond donors (Lipinski definition) is 1. The number of rotatable bonds is 7. The lowest BCUT2D eigenvalue weighted by atomic mass is 10.3. The zero-order valence-corrected chi connectivity index (χ0v) is 16.6. The van der Waals surface area contributed by atoms with Crippen LogP contribution in [0.3, 0.4) is 0 Å². The van der Waals surface area contributed by atoms with Crippen LogP contribution in [0, 0.1) is 0 Å². The summed E-state index contributed by atoms with van der Waals surface area (Å²) >= 11 is 0. The van der Waals surface area contributed by atoms with Crippen molar-refractivity contribution in [1.82, 2.24) is 14.7 Å². The largest absolute Gasteiger partial charge is 0.497 e. The van der Waals surface area contributed by atoms with Crippen molar-refractivity contribution in [3.8, 4) is 5.75 Å². The van der Waals surface area contributed by atoms with Crippen LogP contribution in [0.5, 0.6) is 5.75 Å². The van der Waals surface area contributed by atoms with Crippen molar-refractivity contribution in [3.05, 3.63) is 24.3 Å². The second-order valence-electron chi connectivity index (χ2n) is 6.49. The number of methoxy groups -OCH3 is 1. The third-order valence-electron chi connectivity index (χ3n) is 4.42. The molecule has 9 nitrogen and oxygen atoms in total. The predicted octanol–water partition coefficient (Wildman–Crippen LogP) is 0.866. The molecular weight excluding hydrogens is 364 g/mol. The third-order valence-corrected chi connectivity index (χ3v) is 4.42. The maximum Gasteiger partial charge on any atom is 0.409 e. The second kappa shape index (κ2) is 10.5. The van der Waals surface area contributed by atoms with Gasteiger partial charge in [-0.3, -0.25) is 14.5 Å². The Balaban J connectivity index is 1.75. The highest BCUT2D eigenvalue weighted by atomic mass is 16.6. The number of carbonyl (C=O) groups excluding carboxylic acids is 3. The van der Waals surface area contributed by atoms with Gasteiger partial charge in [0.25, 0.3) is 0 Å². The standard InChI is InChI=1S/C19H28N4O5/c1-4-28-19(26)23-10-8-22(9-11-23)14-18(25)21(2)13-17(24)20-15-6-5-7-16(12-15)27-3/h5-7,12H,4,8-11,13-14H2,1-3H3,(H,20,24). The molecule has 0 atom stereocenters. The fourth-order valence-electron chi connectivity index (χ4n) is 2.82. The SMILES string of the molecule is CCOC(=O)N1CCN(CC(=O)N(C)CC(=O)Nc2cccc(OC)c2)CC1. The second-order valence-corrected chi connectivity index (χ2v) is 6.49. The van der Waals surface area contributed by atoms with E-state index in [4.69, 9.17) is 9.47 Å². The van der Waals surface area contributed by atoms with Gasteiger partial charge in [-0.2, -0.15) is 0 Å². The molecule has 0 aliphatic carbocycles. The number of amides is 3. The van der Waals surface area contributed by atoms with Crippen LogP contribution < -0.4 is 10.1 Å². The molecule has 28 heavy (non-hydrogen) atoms. The molecule has 1 fully saturated rings. The van der Waals surface area contributed by atoms with Gasteiger partial charge in [-0.05, 0) is 19.1 Å². The number of carbonyl (C=O) groups is 3. The van der Waals surface area contributed by atoms with Crippen molar-refractivity contribution in [1.29, 1.82) is 0 Å². The minimum Gasteiger partial charge on any atom is -0.497 e. The van der Waals surface area contributed by atoms with Gasteiger partial charge >= 0.3 is 6.09 Å². The van der Waals surface area contributed by atoms with Crippen LogP contribution in [0.1, 0.15) is 6.92 Å².